The predicted octanol–water partition coefficient (Wildman–Crippen LogP) is 4.36. The molecule has 0 rings (SSSR count). The van der Waals surface area contributed by atoms with Crippen LogP contribution in [0.25, 0.3) is 0 Å². The Balaban J connectivity index is 3.68. The Labute approximate surface area is 96.8 Å². The van der Waals surface area contributed by atoms with Gasteiger partial charge in [0.1, 0.15) is 0 Å². The van der Waals surface area contributed by atoms with Crippen LogP contribution in [0.3, 0.4) is 0 Å². The second-order valence-electron chi connectivity index (χ2n) is 5.90. The van der Waals surface area contributed by atoms with Crippen LogP contribution in [-0.4, -0.2) is 6.04 Å². The zero-order valence-electron chi connectivity index (χ0n) is 11.5. The third-order valence-electron chi connectivity index (χ3n) is 3.78. The normalized spacial score (nSPS) is 16.4. The Morgan fingerprint density at radius 2 is 1.60 bits per heavy atom. The maximum Gasteiger partial charge on any atom is 0.00104 e. The van der Waals surface area contributed by atoms with E-state index >= 15 is 0 Å². The van der Waals surface area contributed by atoms with Crippen molar-refractivity contribution in [2.45, 2.75) is 79.2 Å². The highest BCUT2D eigenvalue weighted by Gasteiger charge is 2.23. The Morgan fingerprint density at radius 3 is 2.07 bits per heavy atom. The van der Waals surface area contributed by atoms with Gasteiger partial charge in [-0.2, -0.15) is 0 Å². The molecular weight excluding hydrogens is 182 g/mol. The molecule has 0 aromatic carbocycles. The second kappa shape index (κ2) is 7.27. The average Bonchev–Trinajstić information content (AvgIpc) is 2.11. The van der Waals surface area contributed by atoms with E-state index in [0.29, 0.717) is 11.5 Å². The number of rotatable bonds is 8. The summed E-state index contributed by atoms with van der Waals surface area (Å²) in [6, 6.07) is 0.379. The number of nitrogens with two attached hydrogens (primary N) is 1. The molecule has 2 atom stereocenters. The van der Waals surface area contributed by atoms with Gasteiger partial charge in [-0.1, -0.05) is 53.4 Å². The van der Waals surface area contributed by atoms with Crippen LogP contribution in [0.2, 0.25) is 0 Å². The molecule has 15 heavy (non-hydrogen) atoms. The molecule has 0 bridgehead atoms. The highest BCUT2D eigenvalue weighted by atomic mass is 14.6. The molecule has 0 amide bonds. The van der Waals surface area contributed by atoms with Gasteiger partial charge >= 0.3 is 0 Å². The van der Waals surface area contributed by atoms with E-state index in [9.17, 15) is 0 Å². The molecule has 0 aromatic rings. The van der Waals surface area contributed by atoms with Gasteiger partial charge in [-0.05, 0) is 31.1 Å². The molecule has 0 spiro atoms. The summed E-state index contributed by atoms with van der Waals surface area (Å²) in [6.07, 6.45) is 7.83. The van der Waals surface area contributed by atoms with Gasteiger partial charge in [0, 0.05) is 6.04 Å². The maximum absolute atomic E-state index is 5.74. The number of hydrogen-bond acceptors (Lipinski definition) is 1. The summed E-state index contributed by atoms with van der Waals surface area (Å²) in [5.41, 5.74) is 6.26. The van der Waals surface area contributed by atoms with E-state index in [-0.39, 0.29) is 0 Å². The first-order valence-electron chi connectivity index (χ1n) is 6.65. The number of hydrogen-bond donors (Lipinski definition) is 1. The quantitative estimate of drug-likeness (QED) is 0.596. The van der Waals surface area contributed by atoms with Gasteiger partial charge in [-0.15, -0.1) is 0 Å². The smallest absolute Gasteiger partial charge is 0.00104 e. The van der Waals surface area contributed by atoms with Crippen LogP contribution < -0.4 is 5.73 Å². The van der Waals surface area contributed by atoms with E-state index < -0.39 is 0 Å². The topological polar surface area (TPSA) is 26.0 Å². The van der Waals surface area contributed by atoms with Crippen molar-refractivity contribution in [3.8, 4) is 0 Å². The summed E-state index contributed by atoms with van der Waals surface area (Å²) < 4.78 is 0. The van der Waals surface area contributed by atoms with Crippen molar-refractivity contribution in [1.29, 1.82) is 0 Å². The molecule has 2 unspecified atom stereocenters. The van der Waals surface area contributed by atoms with E-state index in [1.54, 1.807) is 0 Å². The van der Waals surface area contributed by atoms with Crippen LogP contribution >= 0.6 is 0 Å². The van der Waals surface area contributed by atoms with E-state index in [1.807, 2.05) is 0 Å². The van der Waals surface area contributed by atoms with E-state index in [4.69, 9.17) is 5.73 Å². The molecule has 1 heteroatoms. The molecule has 0 aliphatic carbocycles. The lowest BCUT2D eigenvalue weighted by atomic mass is 9.74. The van der Waals surface area contributed by atoms with Crippen LogP contribution in [0, 0.1) is 11.3 Å². The molecule has 0 saturated heterocycles. The molecule has 0 fully saturated rings. The largest absolute Gasteiger partial charge is 0.328 e. The molecule has 0 aliphatic heterocycles. The molecule has 0 saturated carbocycles. The SMILES string of the molecule is CCCC(C)(C)C(C)CCCCC(C)N. The molecule has 92 valence electrons. The summed E-state index contributed by atoms with van der Waals surface area (Å²) >= 11 is 0. The van der Waals surface area contributed by atoms with Crippen LogP contribution in [0.1, 0.15) is 73.1 Å². The van der Waals surface area contributed by atoms with E-state index in [1.165, 1.54) is 38.5 Å². The van der Waals surface area contributed by atoms with Crippen LogP contribution in [0.5, 0.6) is 0 Å². The standard InChI is InChI=1S/C14H31N/c1-6-11-14(4,5)12(2)9-7-8-10-13(3)15/h12-13H,6-11,15H2,1-5H3. The summed E-state index contributed by atoms with van der Waals surface area (Å²) in [5.74, 6) is 0.838. The van der Waals surface area contributed by atoms with E-state index in [2.05, 4.69) is 34.6 Å². The lowest BCUT2D eigenvalue weighted by Gasteiger charge is -2.31. The van der Waals surface area contributed by atoms with E-state index in [0.717, 1.165) is 5.92 Å². The maximum atomic E-state index is 5.74. The lowest BCUT2D eigenvalue weighted by molar-refractivity contribution is 0.194. The minimum absolute atomic E-state index is 0.379. The van der Waals surface area contributed by atoms with Crippen molar-refractivity contribution in [3.05, 3.63) is 0 Å². The van der Waals surface area contributed by atoms with Gasteiger partial charge in [-0.3, -0.25) is 0 Å². The van der Waals surface area contributed by atoms with Crippen molar-refractivity contribution in [1.82, 2.24) is 0 Å². The van der Waals surface area contributed by atoms with Crippen molar-refractivity contribution in [3.63, 3.8) is 0 Å². The summed E-state index contributed by atoms with van der Waals surface area (Å²) in [6.45, 7) is 11.6. The van der Waals surface area contributed by atoms with Crippen molar-refractivity contribution < 1.29 is 0 Å². The first-order valence-corrected chi connectivity index (χ1v) is 6.65. The van der Waals surface area contributed by atoms with Crippen LogP contribution in [0.4, 0.5) is 0 Å². The fraction of sp³-hybridized carbons (Fsp3) is 1.00. The minimum atomic E-state index is 0.379. The van der Waals surface area contributed by atoms with Gasteiger partial charge in [0.25, 0.3) is 0 Å². The van der Waals surface area contributed by atoms with Crippen LogP contribution in [-0.2, 0) is 0 Å². The summed E-state index contributed by atoms with van der Waals surface area (Å²) in [4.78, 5) is 0. The van der Waals surface area contributed by atoms with Crippen molar-refractivity contribution >= 4 is 0 Å². The fourth-order valence-electron chi connectivity index (χ4n) is 2.20. The molecule has 0 aliphatic rings. The van der Waals surface area contributed by atoms with Gasteiger partial charge < -0.3 is 5.73 Å². The molecule has 0 radical (unpaired) electrons. The summed E-state index contributed by atoms with van der Waals surface area (Å²) in [5, 5.41) is 0. The molecule has 2 N–H and O–H groups in total. The molecular formula is C14H31N. The Hall–Kier alpha value is -0.0400. The first-order chi connectivity index (χ1) is 6.90. The van der Waals surface area contributed by atoms with Crippen molar-refractivity contribution in [2.24, 2.45) is 17.1 Å². The molecule has 0 heterocycles. The van der Waals surface area contributed by atoms with Gasteiger partial charge in [0.15, 0.2) is 0 Å². The highest BCUT2D eigenvalue weighted by Crippen LogP contribution is 2.34. The first kappa shape index (κ1) is 15.0. The zero-order chi connectivity index (χ0) is 11.9. The second-order valence-corrected chi connectivity index (χ2v) is 5.90. The van der Waals surface area contributed by atoms with Crippen molar-refractivity contribution in [2.75, 3.05) is 0 Å². The third-order valence-corrected chi connectivity index (χ3v) is 3.78. The molecule has 1 nitrogen and oxygen atoms in total. The molecule has 0 aromatic heterocycles. The average molecular weight is 213 g/mol. The highest BCUT2D eigenvalue weighted by molar-refractivity contribution is 4.74. The van der Waals surface area contributed by atoms with Crippen LogP contribution in [0.15, 0.2) is 0 Å². The monoisotopic (exact) mass is 213 g/mol. The van der Waals surface area contributed by atoms with Gasteiger partial charge in [0.2, 0.25) is 0 Å². The van der Waals surface area contributed by atoms with Gasteiger partial charge in [0.05, 0.1) is 0 Å². The lowest BCUT2D eigenvalue weighted by Crippen LogP contribution is -2.21. The minimum Gasteiger partial charge on any atom is -0.328 e. The Morgan fingerprint density at radius 1 is 1.07 bits per heavy atom. The Kier molecular flexibility index (Phi) is 7.25. The fourth-order valence-corrected chi connectivity index (χ4v) is 2.20. The third kappa shape index (κ3) is 6.94. The number of unbranched alkanes of at least 4 members (excludes halogenated alkanes) is 1. The predicted molar refractivity (Wildman–Crippen MR) is 70.0 cm³/mol. The zero-order valence-corrected chi connectivity index (χ0v) is 11.5. The Bertz CT molecular complexity index is 149. The van der Waals surface area contributed by atoms with Gasteiger partial charge in [-0.25, -0.2) is 0 Å². The summed E-state index contributed by atoms with van der Waals surface area (Å²) in [7, 11) is 0.